The van der Waals surface area contributed by atoms with Crippen LogP contribution in [-0.2, 0) is 17.8 Å². The number of carbonyl (C=O) groups is 1. The Bertz CT molecular complexity index is 895. The van der Waals surface area contributed by atoms with Gasteiger partial charge < -0.3 is 14.6 Å². The number of hydrogen-bond acceptors (Lipinski definition) is 2. The highest BCUT2D eigenvalue weighted by Crippen LogP contribution is 2.25. The lowest BCUT2D eigenvalue weighted by Crippen LogP contribution is -2.24. The van der Waals surface area contributed by atoms with Gasteiger partial charge in [-0.2, -0.15) is 0 Å². The molecule has 4 nitrogen and oxygen atoms in total. The van der Waals surface area contributed by atoms with E-state index in [1.54, 1.807) is 0 Å². The molecule has 1 N–H and O–H groups in total. The molecule has 1 aromatic heterocycles. The number of benzene rings is 2. The van der Waals surface area contributed by atoms with Crippen molar-refractivity contribution < 1.29 is 22.7 Å². The van der Waals surface area contributed by atoms with E-state index >= 15 is 0 Å². The number of aromatic nitrogens is 1. The van der Waals surface area contributed by atoms with E-state index in [0.717, 1.165) is 25.1 Å². The molecule has 3 aromatic rings. The molecule has 7 heteroatoms. The van der Waals surface area contributed by atoms with Crippen LogP contribution in [0.25, 0.3) is 0 Å². The largest absolute Gasteiger partial charge is 0.573 e. The van der Waals surface area contributed by atoms with E-state index in [9.17, 15) is 18.0 Å². The molecule has 1 atom stereocenters. The lowest BCUT2D eigenvalue weighted by Gasteiger charge is -2.15. The molecule has 1 aliphatic rings. The lowest BCUT2D eigenvalue weighted by atomic mass is 9.98. The van der Waals surface area contributed by atoms with Gasteiger partial charge in [0.2, 0.25) is 5.91 Å². The van der Waals surface area contributed by atoms with E-state index in [-0.39, 0.29) is 17.6 Å². The first-order chi connectivity index (χ1) is 14.4. The highest BCUT2D eigenvalue weighted by atomic mass is 19.4. The van der Waals surface area contributed by atoms with Crippen LogP contribution < -0.4 is 10.1 Å². The molecule has 2 heterocycles. The summed E-state index contributed by atoms with van der Waals surface area (Å²) < 4.78 is 42.4. The molecule has 1 unspecified atom stereocenters. The van der Waals surface area contributed by atoms with Gasteiger partial charge in [0.25, 0.3) is 0 Å². The Morgan fingerprint density at radius 1 is 0.967 bits per heavy atom. The number of hydrogen-bond donors (Lipinski definition) is 1. The predicted octanol–water partition coefficient (Wildman–Crippen LogP) is 5.66. The van der Waals surface area contributed by atoms with Gasteiger partial charge in [0.05, 0.1) is 0 Å². The van der Waals surface area contributed by atoms with E-state index < -0.39 is 6.36 Å². The van der Waals surface area contributed by atoms with Gasteiger partial charge in [-0.3, -0.25) is 4.79 Å². The number of ether oxygens (including phenoxy) is 1. The molecule has 158 valence electrons. The maximum atomic E-state index is 12.4. The molecule has 2 aromatic carbocycles. The third-order valence-corrected chi connectivity index (χ3v) is 4.72. The fourth-order valence-electron chi connectivity index (χ4n) is 3.31. The minimum Gasteiger partial charge on any atom is -0.406 e. The summed E-state index contributed by atoms with van der Waals surface area (Å²) in [4.78, 5) is 12.4. The minimum atomic E-state index is -4.72. The average Bonchev–Trinajstić information content (AvgIpc) is 3.06. The van der Waals surface area contributed by atoms with Crippen LogP contribution in [0.2, 0.25) is 0 Å². The van der Waals surface area contributed by atoms with Crippen molar-refractivity contribution in [1.82, 2.24) is 4.57 Å². The van der Waals surface area contributed by atoms with Crippen molar-refractivity contribution in [1.29, 1.82) is 0 Å². The molecule has 0 spiro atoms. The zero-order valence-electron chi connectivity index (χ0n) is 16.3. The summed E-state index contributed by atoms with van der Waals surface area (Å²) >= 11 is 0. The van der Waals surface area contributed by atoms with Crippen LogP contribution in [0.3, 0.4) is 0 Å². The molecule has 1 aliphatic heterocycles. The molecule has 30 heavy (non-hydrogen) atoms. The zero-order valence-corrected chi connectivity index (χ0v) is 16.3. The SMILES string of the molecule is O=C(Nc1ccc(OC(F)(F)F)cc1)C1CCCn2cccc2C1.c1ccccc1. The third kappa shape index (κ3) is 6.69. The Kier molecular flexibility index (Phi) is 7.17. The molecule has 0 radical (unpaired) electrons. The number of alkyl halides is 3. The summed E-state index contributed by atoms with van der Waals surface area (Å²) in [7, 11) is 0. The van der Waals surface area contributed by atoms with Crippen molar-refractivity contribution >= 4 is 11.6 Å². The normalized spacial score (nSPS) is 15.8. The fourth-order valence-corrected chi connectivity index (χ4v) is 3.31. The highest BCUT2D eigenvalue weighted by molar-refractivity contribution is 5.92. The van der Waals surface area contributed by atoms with Crippen molar-refractivity contribution in [2.75, 3.05) is 5.32 Å². The van der Waals surface area contributed by atoms with Crippen LogP contribution in [0.1, 0.15) is 18.5 Å². The second kappa shape index (κ2) is 10.0. The number of amides is 1. The Balaban J connectivity index is 0.000000367. The van der Waals surface area contributed by atoms with Crippen LogP contribution in [0.15, 0.2) is 79.0 Å². The summed E-state index contributed by atoms with van der Waals surface area (Å²) in [6, 6.07) is 21.1. The second-order valence-corrected chi connectivity index (χ2v) is 6.95. The minimum absolute atomic E-state index is 0.117. The van der Waals surface area contributed by atoms with Gasteiger partial charge in [0.15, 0.2) is 0 Å². The first-order valence-electron chi connectivity index (χ1n) is 9.71. The van der Waals surface area contributed by atoms with Crippen LogP contribution in [0.4, 0.5) is 18.9 Å². The summed E-state index contributed by atoms with van der Waals surface area (Å²) in [5, 5.41) is 2.77. The number of nitrogens with zero attached hydrogens (tertiary/aromatic N) is 1. The van der Waals surface area contributed by atoms with Gasteiger partial charge in [-0.1, -0.05) is 36.4 Å². The maximum absolute atomic E-state index is 12.4. The summed E-state index contributed by atoms with van der Waals surface area (Å²) in [6.45, 7) is 0.898. The molecule has 4 rings (SSSR count). The smallest absolute Gasteiger partial charge is 0.406 e. The van der Waals surface area contributed by atoms with Crippen LogP contribution >= 0.6 is 0 Å². The number of nitrogens with one attached hydrogen (secondary N) is 1. The molecule has 0 aliphatic carbocycles. The van der Waals surface area contributed by atoms with Crippen molar-refractivity contribution in [3.63, 3.8) is 0 Å². The van der Waals surface area contributed by atoms with Crippen LogP contribution in [-0.4, -0.2) is 16.8 Å². The summed E-state index contributed by atoms with van der Waals surface area (Å²) in [6.07, 6.45) is -0.357. The van der Waals surface area contributed by atoms with Crippen molar-refractivity contribution in [2.24, 2.45) is 5.92 Å². The monoisotopic (exact) mass is 416 g/mol. The van der Waals surface area contributed by atoms with Crippen molar-refractivity contribution in [3.8, 4) is 5.75 Å². The number of carbonyl (C=O) groups excluding carboxylic acids is 1. The first-order valence-corrected chi connectivity index (χ1v) is 9.71. The number of fused-ring (bicyclic) bond motifs is 1. The number of rotatable bonds is 3. The maximum Gasteiger partial charge on any atom is 0.573 e. The Morgan fingerprint density at radius 3 is 2.20 bits per heavy atom. The Morgan fingerprint density at radius 2 is 1.60 bits per heavy atom. The van der Waals surface area contributed by atoms with Crippen molar-refractivity contribution in [2.45, 2.75) is 32.2 Å². The Hall–Kier alpha value is -3.22. The van der Waals surface area contributed by atoms with Gasteiger partial charge in [-0.05, 0) is 55.7 Å². The van der Waals surface area contributed by atoms with E-state index in [0.29, 0.717) is 12.1 Å². The van der Waals surface area contributed by atoms with E-state index in [4.69, 9.17) is 0 Å². The average molecular weight is 416 g/mol. The fraction of sp³-hybridized carbons (Fsp3) is 0.261. The van der Waals surface area contributed by atoms with Crippen molar-refractivity contribution in [3.05, 3.63) is 84.7 Å². The van der Waals surface area contributed by atoms with Crippen LogP contribution in [0.5, 0.6) is 5.75 Å². The lowest BCUT2D eigenvalue weighted by molar-refractivity contribution is -0.274. The van der Waals surface area contributed by atoms with E-state index in [2.05, 4.69) is 14.6 Å². The quantitative estimate of drug-likeness (QED) is 0.598. The molecular formula is C23H23F3N2O2. The summed E-state index contributed by atoms with van der Waals surface area (Å²) in [5.74, 6) is -0.575. The van der Waals surface area contributed by atoms with E-state index in [1.807, 2.05) is 54.7 Å². The highest BCUT2D eigenvalue weighted by Gasteiger charge is 2.31. The van der Waals surface area contributed by atoms with Gasteiger partial charge in [-0.25, -0.2) is 0 Å². The molecule has 0 bridgehead atoms. The molecule has 0 saturated carbocycles. The summed E-state index contributed by atoms with van der Waals surface area (Å²) in [5.41, 5.74) is 1.58. The molecular weight excluding hydrogens is 393 g/mol. The van der Waals surface area contributed by atoms with Gasteiger partial charge >= 0.3 is 6.36 Å². The number of aryl methyl sites for hydroxylation is 1. The standard InChI is InChI=1S/C17H17F3N2O2.C6H6/c18-17(19,20)24-15-7-5-13(6-8-15)21-16(23)12-3-1-9-22-10-2-4-14(22)11-12;1-2-4-6-5-3-1/h2,4-8,10,12H,1,3,9,11H2,(H,21,23);1-6H. The number of anilines is 1. The van der Waals surface area contributed by atoms with Gasteiger partial charge in [-0.15, -0.1) is 13.2 Å². The topological polar surface area (TPSA) is 43.3 Å². The molecule has 1 amide bonds. The van der Waals surface area contributed by atoms with Gasteiger partial charge in [0.1, 0.15) is 5.75 Å². The molecule has 0 fully saturated rings. The second-order valence-electron chi connectivity index (χ2n) is 6.95. The number of halogens is 3. The van der Waals surface area contributed by atoms with Gasteiger partial charge in [0, 0.05) is 30.0 Å². The molecule has 0 saturated heterocycles. The van der Waals surface area contributed by atoms with Crippen LogP contribution in [0, 0.1) is 5.92 Å². The predicted molar refractivity (Wildman–Crippen MR) is 109 cm³/mol. The van der Waals surface area contributed by atoms with E-state index in [1.165, 1.54) is 24.3 Å². The zero-order chi connectivity index (χ0) is 21.4. The Labute approximate surface area is 173 Å². The third-order valence-electron chi connectivity index (χ3n) is 4.72. The first kappa shape index (κ1) is 21.5.